The minimum Gasteiger partial charge on any atom is -0.370 e. The van der Waals surface area contributed by atoms with E-state index in [0.29, 0.717) is 33.6 Å². The molecular weight excluding hydrogens is 384 g/mol. The van der Waals surface area contributed by atoms with E-state index < -0.39 is 6.23 Å². The molecule has 2 N–H and O–H groups in total. The lowest BCUT2D eigenvalue weighted by atomic mass is 10.1. The topological polar surface area (TPSA) is 88.8 Å². The van der Waals surface area contributed by atoms with Crippen molar-refractivity contribution in [2.45, 2.75) is 6.23 Å². The molecule has 4 heterocycles. The third-order valence-corrected chi connectivity index (χ3v) is 5.33. The number of aliphatic hydroxyl groups is 1. The smallest absolute Gasteiger partial charge is 0.155 e. The Morgan fingerprint density at radius 2 is 2.15 bits per heavy atom. The zero-order chi connectivity index (χ0) is 18.5. The molecule has 0 saturated heterocycles. The maximum absolute atomic E-state index is 9.83. The van der Waals surface area contributed by atoms with Crippen LogP contribution in [0.5, 0.6) is 0 Å². The maximum atomic E-state index is 9.83. The average Bonchev–Trinajstić information content (AvgIpc) is 3.29. The number of hydrogen-bond acceptors (Lipinski definition) is 7. The summed E-state index contributed by atoms with van der Waals surface area (Å²) in [5, 5.41) is 17.8. The second-order valence-corrected chi connectivity index (χ2v) is 7.43. The van der Waals surface area contributed by atoms with Crippen molar-refractivity contribution < 1.29 is 5.11 Å². The van der Waals surface area contributed by atoms with E-state index in [1.807, 2.05) is 31.4 Å². The van der Waals surface area contributed by atoms with E-state index in [-0.39, 0.29) is 0 Å². The number of benzene rings is 1. The molecule has 134 valence electrons. The van der Waals surface area contributed by atoms with E-state index >= 15 is 0 Å². The second-order valence-electron chi connectivity index (χ2n) is 6.13. The van der Waals surface area contributed by atoms with Crippen molar-refractivity contribution >= 4 is 45.0 Å². The highest BCUT2D eigenvalue weighted by Gasteiger charge is 2.21. The Morgan fingerprint density at radius 1 is 1.26 bits per heavy atom. The summed E-state index contributed by atoms with van der Waals surface area (Å²) >= 11 is 7.96. The van der Waals surface area contributed by atoms with Crippen LogP contribution in [0.4, 0.5) is 5.82 Å². The Morgan fingerprint density at radius 3 is 2.96 bits per heavy atom. The molecular formula is C18H13ClN6OS. The number of hydrogen-bond donors (Lipinski definition) is 2. The molecule has 4 aromatic rings. The third-order valence-electron chi connectivity index (χ3n) is 4.26. The summed E-state index contributed by atoms with van der Waals surface area (Å²) in [7, 11) is 1.85. The van der Waals surface area contributed by atoms with Gasteiger partial charge in [0.25, 0.3) is 0 Å². The first-order valence-corrected chi connectivity index (χ1v) is 9.42. The maximum Gasteiger partial charge on any atom is 0.155 e. The van der Waals surface area contributed by atoms with Crippen molar-refractivity contribution in [1.82, 2.24) is 24.7 Å². The lowest BCUT2D eigenvalue weighted by molar-refractivity contribution is 0.251. The summed E-state index contributed by atoms with van der Waals surface area (Å²) in [6.07, 6.45) is 4.43. The number of fused-ring (bicyclic) bond motifs is 2. The van der Waals surface area contributed by atoms with Crippen molar-refractivity contribution in [3.8, 4) is 22.6 Å². The molecule has 1 aromatic carbocycles. The SMILES string of the molecule is Cn1ccc(-c2nc3c(nc2-c2cc(Cl)c4ncsc4c2)C=CC(O)N3)n1. The number of aromatic nitrogens is 5. The van der Waals surface area contributed by atoms with Crippen LogP contribution in [0.25, 0.3) is 38.9 Å². The number of halogens is 1. The molecule has 0 aliphatic carbocycles. The molecule has 1 aliphatic rings. The molecule has 3 aromatic heterocycles. The van der Waals surface area contributed by atoms with Gasteiger partial charge in [-0.1, -0.05) is 11.6 Å². The van der Waals surface area contributed by atoms with Gasteiger partial charge >= 0.3 is 0 Å². The molecule has 27 heavy (non-hydrogen) atoms. The zero-order valence-corrected chi connectivity index (χ0v) is 15.7. The van der Waals surface area contributed by atoms with Gasteiger partial charge in [0.05, 0.1) is 26.4 Å². The van der Waals surface area contributed by atoms with E-state index in [0.717, 1.165) is 15.8 Å². The quantitative estimate of drug-likeness (QED) is 0.538. The van der Waals surface area contributed by atoms with Crippen LogP contribution in [0.1, 0.15) is 5.69 Å². The van der Waals surface area contributed by atoms with Crippen molar-refractivity contribution in [3.05, 3.63) is 46.7 Å². The average molecular weight is 397 g/mol. The Hall–Kier alpha value is -2.81. The van der Waals surface area contributed by atoms with E-state index in [9.17, 15) is 5.11 Å². The molecule has 5 rings (SSSR count). The molecule has 0 amide bonds. The predicted molar refractivity (Wildman–Crippen MR) is 107 cm³/mol. The summed E-state index contributed by atoms with van der Waals surface area (Å²) < 4.78 is 2.69. The van der Waals surface area contributed by atoms with E-state index in [1.54, 1.807) is 22.3 Å². The number of nitrogens with one attached hydrogen (secondary N) is 1. The number of anilines is 1. The lowest BCUT2D eigenvalue weighted by Gasteiger charge is -2.18. The second kappa shape index (κ2) is 6.12. The van der Waals surface area contributed by atoms with Gasteiger partial charge in [-0.05, 0) is 30.4 Å². The Kier molecular flexibility index (Phi) is 3.71. The van der Waals surface area contributed by atoms with Crippen molar-refractivity contribution in [2.24, 2.45) is 7.05 Å². The normalized spacial score (nSPS) is 15.7. The molecule has 1 atom stereocenters. The number of nitrogens with zero attached hydrogens (tertiary/aromatic N) is 5. The molecule has 0 saturated carbocycles. The van der Waals surface area contributed by atoms with Crippen LogP contribution < -0.4 is 5.32 Å². The van der Waals surface area contributed by atoms with Gasteiger partial charge in [-0.15, -0.1) is 11.3 Å². The van der Waals surface area contributed by atoms with Crippen LogP contribution in [0, 0.1) is 0 Å². The largest absolute Gasteiger partial charge is 0.370 e. The van der Waals surface area contributed by atoms with Gasteiger partial charge in [0.1, 0.15) is 23.3 Å². The van der Waals surface area contributed by atoms with E-state index in [4.69, 9.17) is 21.6 Å². The fourth-order valence-corrected chi connectivity index (χ4v) is 4.09. The number of thiazole rings is 1. The van der Waals surface area contributed by atoms with Gasteiger partial charge in [-0.3, -0.25) is 4.68 Å². The highest BCUT2D eigenvalue weighted by molar-refractivity contribution is 7.16. The van der Waals surface area contributed by atoms with E-state index in [1.165, 1.54) is 11.3 Å². The zero-order valence-electron chi connectivity index (χ0n) is 14.1. The van der Waals surface area contributed by atoms with Gasteiger partial charge in [-0.25, -0.2) is 15.0 Å². The van der Waals surface area contributed by atoms with Crippen LogP contribution in [-0.2, 0) is 7.05 Å². The van der Waals surface area contributed by atoms with Gasteiger partial charge in [0.2, 0.25) is 0 Å². The molecule has 9 heteroatoms. The molecule has 0 spiro atoms. The van der Waals surface area contributed by atoms with E-state index in [2.05, 4.69) is 15.4 Å². The monoisotopic (exact) mass is 396 g/mol. The lowest BCUT2D eigenvalue weighted by Crippen LogP contribution is -2.21. The fraction of sp³-hybridized carbons (Fsp3) is 0.111. The minimum absolute atomic E-state index is 0.513. The molecule has 1 unspecified atom stereocenters. The molecule has 0 bridgehead atoms. The van der Waals surface area contributed by atoms with Crippen molar-refractivity contribution in [1.29, 1.82) is 0 Å². The van der Waals surface area contributed by atoms with Gasteiger partial charge in [0.15, 0.2) is 5.82 Å². The highest BCUT2D eigenvalue weighted by Crippen LogP contribution is 2.36. The van der Waals surface area contributed by atoms with Crippen LogP contribution in [0.2, 0.25) is 5.02 Å². The van der Waals surface area contributed by atoms with Crippen LogP contribution >= 0.6 is 22.9 Å². The Balaban J connectivity index is 1.78. The molecule has 0 radical (unpaired) electrons. The first-order valence-electron chi connectivity index (χ1n) is 8.16. The number of aliphatic hydroxyl groups excluding tert-OH is 1. The Labute approximate surface area is 163 Å². The predicted octanol–water partition coefficient (Wildman–Crippen LogP) is 3.56. The van der Waals surface area contributed by atoms with Crippen molar-refractivity contribution in [2.75, 3.05) is 5.32 Å². The third kappa shape index (κ3) is 2.78. The summed E-state index contributed by atoms with van der Waals surface area (Å²) in [5.74, 6) is 0.513. The first-order chi connectivity index (χ1) is 13.1. The van der Waals surface area contributed by atoms with Gasteiger partial charge in [-0.2, -0.15) is 5.10 Å². The number of aryl methyl sites for hydroxylation is 1. The van der Waals surface area contributed by atoms with Gasteiger partial charge in [0, 0.05) is 18.8 Å². The summed E-state index contributed by atoms with van der Waals surface area (Å²) in [4.78, 5) is 13.8. The molecule has 1 aliphatic heterocycles. The summed E-state index contributed by atoms with van der Waals surface area (Å²) in [6.45, 7) is 0. The minimum atomic E-state index is -0.794. The van der Waals surface area contributed by atoms with Crippen LogP contribution in [0.15, 0.2) is 36.0 Å². The Bertz CT molecular complexity index is 1210. The van der Waals surface area contributed by atoms with Crippen LogP contribution in [-0.4, -0.2) is 36.1 Å². The van der Waals surface area contributed by atoms with Crippen LogP contribution in [0.3, 0.4) is 0 Å². The number of rotatable bonds is 2. The molecule has 0 fully saturated rings. The standard InChI is InChI=1S/C18H13ClN6OS/c1-25-5-4-11(24-25)17-15(21-12-2-3-14(26)22-18(12)23-17)9-6-10(19)16-13(7-9)27-8-20-16/h2-8,14,26H,1H3,(H,22,23). The molecule has 7 nitrogen and oxygen atoms in total. The summed E-state index contributed by atoms with van der Waals surface area (Å²) in [6, 6.07) is 5.74. The summed E-state index contributed by atoms with van der Waals surface area (Å²) in [5.41, 5.74) is 6.01. The van der Waals surface area contributed by atoms with Gasteiger partial charge < -0.3 is 10.4 Å². The highest BCUT2D eigenvalue weighted by atomic mass is 35.5. The van der Waals surface area contributed by atoms with Crippen molar-refractivity contribution in [3.63, 3.8) is 0 Å². The first kappa shape index (κ1) is 16.4. The fourth-order valence-electron chi connectivity index (χ4n) is 3.02.